The van der Waals surface area contributed by atoms with E-state index < -0.39 is 0 Å². The van der Waals surface area contributed by atoms with Crippen molar-refractivity contribution in [2.45, 2.75) is 19.8 Å². The maximum absolute atomic E-state index is 6.05. The lowest BCUT2D eigenvalue weighted by molar-refractivity contribution is 0.222. The largest absolute Gasteiger partial charge is 0.476 e. The van der Waals surface area contributed by atoms with Gasteiger partial charge in [0.15, 0.2) is 0 Å². The van der Waals surface area contributed by atoms with Crippen LogP contribution in [0.2, 0.25) is 5.02 Å². The maximum Gasteiger partial charge on any atom is 0.232 e. The van der Waals surface area contributed by atoms with Gasteiger partial charge in [-0.3, -0.25) is 0 Å². The fourth-order valence-corrected chi connectivity index (χ4v) is 3.35. The van der Waals surface area contributed by atoms with Gasteiger partial charge < -0.3 is 9.64 Å². The normalized spacial score (nSPS) is 18.8. The van der Waals surface area contributed by atoms with Crippen LogP contribution in [0.5, 0.6) is 5.88 Å². The Morgan fingerprint density at radius 1 is 1.52 bits per heavy atom. The molecule has 7 heteroatoms. The van der Waals surface area contributed by atoms with E-state index in [1.807, 2.05) is 6.92 Å². The van der Waals surface area contributed by atoms with E-state index in [-0.39, 0.29) is 0 Å². The van der Waals surface area contributed by atoms with Crippen LogP contribution >= 0.6 is 23.1 Å². The molecule has 1 saturated heterocycles. The summed E-state index contributed by atoms with van der Waals surface area (Å²) in [4.78, 5) is 10.9. The van der Waals surface area contributed by atoms with Gasteiger partial charge in [0.25, 0.3) is 0 Å². The zero-order chi connectivity index (χ0) is 14.7. The predicted octanol–water partition coefficient (Wildman–Crippen LogP) is 3.19. The van der Waals surface area contributed by atoms with Crippen LogP contribution < -0.4 is 9.64 Å². The van der Waals surface area contributed by atoms with Crippen molar-refractivity contribution in [1.82, 2.24) is 14.3 Å². The molecule has 3 heterocycles. The van der Waals surface area contributed by atoms with E-state index in [4.69, 9.17) is 16.3 Å². The van der Waals surface area contributed by atoms with Crippen molar-refractivity contribution >= 4 is 28.3 Å². The van der Waals surface area contributed by atoms with Crippen LogP contribution in [0.15, 0.2) is 18.3 Å². The van der Waals surface area contributed by atoms with Gasteiger partial charge in [0, 0.05) is 36.7 Å². The molecule has 1 aliphatic rings. The fraction of sp³-hybridized carbons (Fsp3) is 0.500. The number of pyridine rings is 1. The highest BCUT2D eigenvalue weighted by molar-refractivity contribution is 7.09. The molecule has 1 atom stereocenters. The van der Waals surface area contributed by atoms with Crippen molar-refractivity contribution < 1.29 is 4.74 Å². The molecule has 0 spiro atoms. The Morgan fingerprint density at radius 3 is 3.19 bits per heavy atom. The van der Waals surface area contributed by atoms with Gasteiger partial charge in [-0.1, -0.05) is 11.6 Å². The lowest BCUT2D eigenvalue weighted by atomic mass is 9.99. The molecular formula is C14H17ClN4OS. The number of hydrogen-bond acceptors (Lipinski definition) is 6. The van der Waals surface area contributed by atoms with Crippen molar-refractivity contribution in [3.05, 3.63) is 29.2 Å². The number of anilines is 1. The van der Waals surface area contributed by atoms with E-state index in [0.29, 0.717) is 23.4 Å². The summed E-state index contributed by atoms with van der Waals surface area (Å²) in [6.07, 6.45) is 3.99. The molecule has 3 rings (SSSR count). The first-order valence-electron chi connectivity index (χ1n) is 7.01. The Morgan fingerprint density at radius 2 is 2.43 bits per heavy atom. The summed E-state index contributed by atoms with van der Waals surface area (Å²) >= 11 is 7.52. The average molecular weight is 325 g/mol. The fourth-order valence-electron chi connectivity index (χ4n) is 2.46. The molecule has 1 unspecified atom stereocenters. The van der Waals surface area contributed by atoms with Crippen LogP contribution in [0.1, 0.15) is 18.7 Å². The lowest BCUT2D eigenvalue weighted by Crippen LogP contribution is -2.37. The van der Waals surface area contributed by atoms with Gasteiger partial charge in [0.2, 0.25) is 11.0 Å². The number of halogens is 1. The zero-order valence-electron chi connectivity index (χ0n) is 11.8. The number of hydrogen-bond donors (Lipinski definition) is 0. The Kier molecular flexibility index (Phi) is 4.55. The van der Waals surface area contributed by atoms with Gasteiger partial charge in [-0.2, -0.15) is 4.37 Å². The third-order valence-corrected chi connectivity index (χ3v) is 4.64. The van der Waals surface area contributed by atoms with Crippen molar-refractivity contribution in [2.24, 2.45) is 5.92 Å². The van der Waals surface area contributed by atoms with Gasteiger partial charge in [-0.25, -0.2) is 9.97 Å². The standard InChI is InChI=1S/C14H17ClN4OS/c1-10-17-14(21-18-10)19-7-3-4-11(8-19)9-20-13-12(15)5-2-6-16-13/h2,5-6,11H,3-4,7-9H2,1H3. The molecular weight excluding hydrogens is 308 g/mol. The molecule has 0 amide bonds. The minimum Gasteiger partial charge on any atom is -0.476 e. The van der Waals surface area contributed by atoms with Gasteiger partial charge in [-0.15, -0.1) is 0 Å². The van der Waals surface area contributed by atoms with Crippen LogP contribution in [0.25, 0.3) is 0 Å². The van der Waals surface area contributed by atoms with Crippen molar-refractivity contribution in [3.63, 3.8) is 0 Å². The summed E-state index contributed by atoms with van der Waals surface area (Å²) in [6.45, 7) is 4.53. The number of piperidine rings is 1. The van der Waals surface area contributed by atoms with Gasteiger partial charge in [-0.05, 0) is 31.9 Å². The molecule has 2 aromatic rings. The van der Waals surface area contributed by atoms with E-state index in [0.717, 1.165) is 36.9 Å². The Balaban J connectivity index is 1.58. The highest BCUT2D eigenvalue weighted by atomic mass is 35.5. The molecule has 0 saturated carbocycles. The van der Waals surface area contributed by atoms with Crippen LogP contribution in [0, 0.1) is 12.8 Å². The molecule has 112 valence electrons. The maximum atomic E-state index is 6.05. The van der Waals surface area contributed by atoms with Crippen LogP contribution in [-0.2, 0) is 0 Å². The average Bonchev–Trinajstić information content (AvgIpc) is 2.93. The summed E-state index contributed by atoms with van der Waals surface area (Å²) in [7, 11) is 0. The summed E-state index contributed by atoms with van der Waals surface area (Å²) in [6, 6.07) is 3.59. The van der Waals surface area contributed by atoms with Crippen LogP contribution in [-0.4, -0.2) is 34.0 Å². The molecule has 0 aliphatic carbocycles. The summed E-state index contributed by atoms with van der Waals surface area (Å²) in [5.41, 5.74) is 0. The lowest BCUT2D eigenvalue weighted by Gasteiger charge is -2.32. The quantitative estimate of drug-likeness (QED) is 0.864. The molecule has 1 fully saturated rings. The first-order valence-corrected chi connectivity index (χ1v) is 8.16. The Bertz CT molecular complexity index is 606. The predicted molar refractivity (Wildman–Crippen MR) is 84.3 cm³/mol. The number of rotatable bonds is 4. The number of nitrogens with zero attached hydrogens (tertiary/aromatic N) is 4. The molecule has 0 bridgehead atoms. The number of ether oxygens (including phenoxy) is 1. The Hall–Kier alpha value is -1.40. The first-order chi connectivity index (χ1) is 10.2. The monoisotopic (exact) mass is 324 g/mol. The summed E-state index contributed by atoms with van der Waals surface area (Å²) in [5.74, 6) is 1.82. The van der Waals surface area contributed by atoms with E-state index in [9.17, 15) is 0 Å². The minimum absolute atomic E-state index is 0.459. The Labute approximate surface area is 133 Å². The molecule has 0 radical (unpaired) electrons. The van der Waals surface area contributed by atoms with Crippen LogP contribution in [0.3, 0.4) is 0 Å². The number of aryl methyl sites for hydroxylation is 1. The third kappa shape index (κ3) is 3.63. The topological polar surface area (TPSA) is 51.1 Å². The van der Waals surface area contributed by atoms with E-state index in [1.165, 1.54) is 11.5 Å². The van der Waals surface area contributed by atoms with Gasteiger partial charge in [0.1, 0.15) is 10.8 Å². The van der Waals surface area contributed by atoms with E-state index >= 15 is 0 Å². The van der Waals surface area contributed by atoms with Crippen molar-refractivity contribution in [3.8, 4) is 5.88 Å². The summed E-state index contributed by atoms with van der Waals surface area (Å²) < 4.78 is 10.0. The third-order valence-electron chi connectivity index (χ3n) is 3.49. The minimum atomic E-state index is 0.459. The molecule has 21 heavy (non-hydrogen) atoms. The molecule has 0 N–H and O–H groups in total. The van der Waals surface area contributed by atoms with Gasteiger partial charge >= 0.3 is 0 Å². The first kappa shape index (κ1) is 14.5. The van der Waals surface area contributed by atoms with Gasteiger partial charge in [0.05, 0.1) is 6.61 Å². The molecule has 1 aliphatic heterocycles. The summed E-state index contributed by atoms with van der Waals surface area (Å²) in [5, 5.41) is 1.57. The van der Waals surface area contributed by atoms with Crippen molar-refractivity contribution in [1.29, 1.82) is 0 Å². The second-order valence-corrected chi connectivity index (χ2v) is 6.32. The zero-order valence-corrected chi connectivity index (χ0v) is 13.4. The van der Waals surface area contributed by atoms with Crippen molar-refractivity contribution in [2.75, 3.05) is 24.6 Å². The van der Waals surface area contributed by atoms with E-state index in [2.05, 4.69) is 19.2 Å². The highest BCUT2D eigenvalue weighted by Crippen LogP contribution is 2.26. The molecule has 5 nitrogen and oxygen atoms in total. The number of aromatic nitrogens is 3. The second kappa shape index (κ2) is 6.58. The second-order valence-electron chi connectivity index (χ2n) is 5.18. The highest BCUT2D eigenvalue weighted by Gasteiger charge is 2.23. The van der Waals surface area contributed by atoms with Crippen LogP contribution in [0.4, 0.5) is 5.13 Å². The molecule has 0 aromatic carbocycles. The SMILES string of the molecule is Cc1nsc(N2CCCC(COc3ncccc3Cl)C2)n1. The smallest absolute Gasteiger partial charge is 0.232 e. The molecule has 2 aromatic heterocycles. The van der Waals surface area contributed by atoms with E-state index in [1.54, 1.807) is 18.3 Å².